The number of hydrogen-bond donors (Lipinski definition) is 1. The molecule has 1 N–H and O–H groups in total. The molecule has 2 aromatic rings. The van der Waals surface area contributed by atoms with Gasteiger partial charge >= 0.3 is 0 Å². The van der Waals surface area contributed by atoms with Crippen molar-refractivity contribution < 1.29 is 4.79 Å². The van der Waals surface area contributed by atoms with E-state index in [0.717, 1.165) is 25.9 Å². The van der Waals surface area contributed by atoms with Crippen LogP contribution in [0, 0.1) is 13.8 Å². The van der Waals surface area contributed by atoms with Crippen molar-refractivity contribution >= 4 is 11.7 Å². The summed E-state index contributed by atoms with van der Waals surface area (Å²) >= 11 is 0. The van der Waals surface area contributed by atoms with Crippen molar-refractivity contribution in [2.45, 2.75) is 39.7 Å². The zero-order valence-corrected chi connectivity index (χ0v) is 14.4. The molecule has 0 bridgehead atoms. The van der Waals surface area contributed by atoms with Crippen LogP contribution in [0.2, 0.25) is 0 Å². The minimum absolute atomic E-state index is 0.0126. The van der Waals surface area contributed by atoms with Crippen molar-refractivity contribution in [3.8, 4) is 0 Å². The van der Waals surface area contributed by atoms with E-state index in [1.165, 1.54) is 17.5 Å². The van der Waals surface area contributed by atoms with Crippen molar-refractivity contribution in [2.24, 2.45) is 0 Å². The zero-order valence-electron chi connectivity index (χ0n) is 14.4. The van der Waals surface area contributed by atoms with Gasteiger partial charge in [-0.3, -0.25) is 4.79 Å². The number of carbonyl (C=O) groups excluding carboxylic acids is 1. The highest BCUT2D eigenvalue weighted by molar-refractivity contribution is 5.93. The summed E-state index contributed by atoms with van der Waals surface area (Å²) in [4.78, 5) is 23.3. The van der Waals surface area contributed by atoms with E-state index >= 15 is 0 Å². The molecule has 0 unspecified atom stereocenters. The SMILES string of the molecule is Cc1ccc(CNc2cc(C(=O)N3CCCCC3)nc(C)n2)cc1. The summed E-state index contributed by atoms with van der Waals surface area (Å²) in [7, 11) is 0. The highest BCUT2D eigenvalue weighted by atomic mass is 16.2. The molecule has 1 aliphatic heterocycles. The number of rotatable bonds is 4. The number of amides is 1. The predicted octanol–water partition coefficient (Wildman–Crippen LogP) is 3.33. The van der Waals surface area contributed by atoms with Gasteiger partial charge in [0.25, 0.3) is 5.91 Å². The van der Waals surface area contributed by atoms with Crippen LogP contribution in [-0.2, 0) is 6.54 Å². The lowest BCUT2D eigenvalue weighted by Gasteiger charge is -2.26. The number of nitrogens with one attached hydrogen (secondary N) is 1. The number of hydrogen-bond acceptors (Lipinski definition) is 4. The maximum atomic E-state index is 12.6. The van der Waals surface area contributed by atoms with Crippen molar-refractivity contribution in [2.75, 3.05) is 18.4 Å². The van der Waals surface area contributed by atoms with Gasteiger partial charge in [-0.15, -0.1) is 0 Å². The largest absolute Gasteiger partial charge is 0.366 e. The molecular weight excluding hydrogens is 300 g/mol. The lowest BCUT2D eigenvalue weighted by atomic mass is 10.1. The molecule has 5 nitrogen and oxygen atoms in total. The van der Waals surface area contributed by atoms with E-state index in [1.54, 1.807) is 6.07 Å². The van der Waals surface area contributed by atoms with Crippen LogP contribution in [0.25, 0.3) is 0 Å². The smallest absolute Gasteiger partial charge is 0.272 e. The molecule has 1 aromatic carbocycles. The second-order valence-corrected chi connectivity index (χ2v) is 6.38. The molecule has 1 fully saturated rings. The summed E-state index contributed by atoms with van der Waals surface area (Å²) in [5.74, 6) is 1.33. The average molecular weight is 324 g/mol. The van der Waals surface area contributed by atoms with Gasteiger partial charge in [-0.25, -0.2) is 9.97 Å². The molecule has 1 amide bonds. The van der Waals surface area contributed by atoms with Gasteiger partial charge in [-0.2, -0.15) is 0 Å². The van der Waals surface area contributed by atoms with Gasteiger partial charge in [0.15, 0.2) is 0 Å². The quantitative estimate of drug-likeness (QED) is 0.937. The van der Waals surface area contributed by atoms with Crippen LogP contribution in [0.4, 0.5) is 5.82 Å². The summed E-state index contributed by atoms with van der Waals surface area (Å²) in [6, 6.07) is 10.1. The van der Waals surface area contributed by atoms with Crippen LogP contribution >= 0.6 is 0 Å². The lowest BCUT2D eigenvalue weighted by molar-refractivity contribution is 0.0718. The first kappa shape index (κ1) is 16.4. The van der Waals surface area contributed by atoms with Gasteiger partial charge in [0.05, 0.1) is 0 Å². The van der Waals surface area contributed by atoms with Gasteiger partial charge in [-0.05, 0) is 38.7 Å². The second kappa shape index (κ2) is 7.43. The molecule has 1 aliphatic rings. The molecule has 0 aliphatic carbocycles. The van der Waals surface area contributed by atoms with Crippen LogP contribution in [0.15, 0.2) is 30.3 Å². The number of benzene rings is 1. The molecule has 1 aromatic heterocycles. The van der Waals surface area contributed by atoms with Crippen LogP contribution < -0.4 is 5.32 Å². The molecule has 24 heavy (non-hydrogen) atoms. The Labute approximate surface area is 143 Å². The third kappa shape index (κ3) is 4.10. The van der Waals surface area contributed by atoms with Crippen LogP contribution in [0.1, 0.15) is 46.7 Å². The Balaban J connectivity index is 1.71. The van der Waals surface area contributed by atoms with E-state index in [9.17, 15) is 4.79 Å². The van der Waals surface area contributed by atoms with E-state index in [-0.39, 0.29) is 5.91 Å². The highest BCUT2D eigenvalue weighted by Gasteiger charge is 2.20. The van der Waals surface area contributed by atoms with Crippen molar-refractivity contribution in [1.29, 1.82) is 0 Å². The fourth-order valence-corrected chi connectivity index (χ4v) is 2.93. The summed E-state index contributed by atoms with van der Waals surface area (Å²) < 4.78 is 0. The van der Waals surface area contributed by atoms with Gasteiger partial charge in [0, 0.05) is 25.7 Å². The average Bonchev–Trinajstić information content (AvgIpc) is 2.61. The zero-order chi connectivity index (χ0) is 16.9. The molecule has 0 spiro atoms. The minimum Gasteiger partial charge on any atom is -0.366 e. The summed E-state index contributed by atoms with van der Waals surface area (Å²) in [5.41, 5.74) is 2.91. The van der Waals surface area contributed by atoms with Gasteiger partial charge in [0.1, 0.15) is 17.3 Å². The Morgan fingerprint density at radius 3 is 2.50 bits per heavy atom. The number of nitrogens with zero attached hydrogens (tertiary/aromatic N) is 3. The highest BCUT2D eigenvalue weighted by Crippen LogP contribution is 2.15. The minimum atomic E-state index is 0.0126. The molecule has 0 radical (unpaired) electrons. The number of anilines is 1. The number of aromatic nitrogens is 2. The topological polar surface area (TPSA) is 58.1 Å². The first-order chi connectivity index (χ1) is 11.6. The standard InChI is InChI=1S/C19H24N4O/c1-14-6-8-16(9-7-14)13-20-18-12-17(21-15(2)22-18)19(24)23-10-4-3-5-11-23/h6-9,12H,3-5,10-11,13H2,1-2H3,(H,20,21,22). The molecule has 1 saturated heterocycles. The number of aryl methyl sites for hydroxylation is 2. The predicted molar refractivity (Wildman–Crippen MR) is 95.0 cm³/mol. The third-order valence-corrected chi connectivity index (χ3v) is 4.29. The van der Waals surface area contributed by atoms with Gasteiger partial charge in [-0.1, -0.05) is 29.8 Å². The summed E-state index contributed by atoms with van der Waals surface area (Å²) in [6.07, 6.45) is 3.36. The van der Waals surface area contributed by atoms with Crippen LogP contribution in [0.5, 0.6) is 0 Å². The lowest BCUT2D eigenvalue weighted by Crippen LogP contribution is -2.36. The maximum absolute atomic E-state index is 12.6. The van der Waals surface area contributed by atoms with E-state index in [1.807, 2.05) is 11.8 Å². The van der Waals surface area contributed by atoms with Crippen molar-refractivity contribution in [3.63, 3.8) is 0 Å². The molecule has 126 valence electrons. The Morgan fingerprint density at radius 2 is 1.79 bits per heavy atom. The number of piperidine rings is 1. The monoisotopic (exact) mass is 324 g/mol. The van der Waals surface area contributed by atoms with Crippen molar-refractivity contribution in [3.05, 3.63) is 53.0 Å². The Kier molecular flexibility index (Phi) is 5.08. The fraction of sp³-hybridized carbons (Fsp3) is 0.421. The number of carbonyl (C=O) groups is 1. The van der Waals surface area contributed by atoms with Gasteiger partial charge < -0.3 is 10.2 Å². The molecule has 5 heteroatoms. The van der Waals surface area contributed by atoms with E-state index in [4.69, 9.17) is 0 Å². The Morgan fingerprint density at radius 1 is 1.08 bits per heavy atom. The first-order valence-corrected chi connectivity index (χ1v) is 8.56. The van der Waals surface area contributed by atoms with Crippen LogP contribution in [0.3, 0.4) is 0 Å². The Bertz CT molecular complexity index is 706. The molecule has 0 atom stereocenters. The number of likely N-dealkylation sites (tertiary alicyclic amines) is 1. The van der Waals surface area contributed by atoms with Gasteiger partial charge in [0.2, 0.25) is 0 Å². The van der Waals surface area contributed by atoms with Crippen LogP contribution in [-0.4, -0.2) is 33.9 Å². The molecule has 3 rings (SSSR count). The van der Waals surface area contributed by atoms with Crippen molar-refractivity contribution in [1.82, 2.24) is 14.9 Å². The molecular formula is C19H24N4O. The third-order valence-electron chi connectivity index (χ3n) is 4.29. The first-order valence-electron chi connectivity index (χ1n) is 8.56. The normalized spacial score (nSPS) is 14.5. The fourth-order valence-electron chi connectivity index (χ4n) is 2.93. The van der Waals surface area contributed by atoms with E-state index in [2.05, 4.69) is 46.5 Å². The second-order valence-electron chi connectivity index (χ2n) is 6.38. The van der Waals surface area contributed by atoms with E-state index in [0.29, 0.717) is 23.9 Å². The molecule has 2 heterocycles. The maximum Gasteiger partial charge on any atom is 0.272 e. The molecule has 0 saturated carbocycles. The Hall–Kier alpha value is -2.43. The van der Waals surface area contributed by atoms with E-state index < -0.39 is 0 Å². The summed E-state index contributed by atoms with van der Waals surface area (Å²) in [6.45, 7) is 6.23. The summed E-state index contributed by atoms with van der Waals surface area (Å²) in [5, 5.41) is 3.30.